The summed E-state index contributed by atoms with van der Waals surface area (Å²) in [5.74, 6) is -0.696. The highest BCUT2D eigenvalue weighted by Gasteiger charge is 2.29. The van der Waals surface area contributed by atoms with Crippen LogP contribution in [0, 0.1) is 5.92 Å². The van der Waals surface area contributed by atoms with E-state index in [1.54, 1.807) is 19.1 Å². The van der Waals surface area contributed by atoms with Crippen LogP contribution in [0.4, 0.5) is 5.00 Å². The van der Waals surface area contributed by atoms with Gasteiger partial charge in [-0.1, -0.05) is 0 Å². The van der Waals surface area contributed by atoms with Crippen LogP contribution < -0.4 is 10.6 Å². The van der Waals surface area contributed by atoms with Crippen molar-refractivity contribution in [2.45, 2.75) is 19.8 Å². The number of carbonyl (C=O) groups is 3. The van der Waals surface area contributed by atoms with Crippen molar-refractivity contribution >= 4 is 34.1 Å². The fraction of sp³-hybridized carbons (Fsp3) is 0.462. The predicted molar refractivity (Wildman–Crippen MR) is 74.6 cm³/mol. The zero-order valence-electron chi connectivity index (χ0n) is 11.1. The lowest BCUT2D eigenvalue weighted by Gasteiger charge is -2.03. The van der Waals surface area contributed by atoms with Gasteiger partial charge < -0.3 is 15.4 Å². The SMILES string of the molecule is CCOC(=O)CNC(=O)c1ccc(NC(=O)C2CC2)s1. The maximum Gasteiger partial charge on any atom is 0.325 e. The van der Waals surface area contributed by atoms with Gasteiger partial charge in [0, 0.05) is 5.92 Å². The molecular weight excluding hydrogens is 280 g/mol. The van der Waals surface area contributed by atoms with Crippen molar-refractivity contribution in [3.63, 3.8) is 0 Å². The Labute approximate surface area is 120 Å². The number of amides is 2. The summed E-state index contributed by atoms with van der Waals surface area (Å²) in [7, 11) is 0. The molecule has 0 aliphatic heterocycles. The molecule has 108 valence electrons. The summed E-state index contributed by atoms with van der Waals surface area (Å²) in [6.45, 7) is 1.83. The first-order chi connectivity index (χ1) is 9.60. The predicted octanol–water partition coefficient (Wildman–Crippen LogP) is 1.39. The van der Waals surface area contributed by atoms with Crippen LogP contribution in [0.15, 0.2) is 12.1 Å². The number of hydrogen-bond donors (Lipinski definition) is 2. The van der Waals surface area contributed by atoms with Crippen LogP contribution in [0.2, 0.25) is 0 Å². The summed E-state index contributed by atoms with van der Waals surface area (Å²) in [4.78, 5) is 34.9. The smallest absolute Gasteiger partial charge is 0.325 e. The molecule has 2 N–H and O–H groups in total. The highest BCUT2D eigenvalue weighted by molar-refractivity contribution is 7.18. The molecule has 1 aromatic rings. The van der Waals surface area contributed by atoms with Crippen LogP contribution in [-0.2, 0) is 14.3 Å². The number of thiophene rings is 1. The second kappa shape index (κ2) is 6.51. The molecule has 1 aliphatic carbocycles. The minimum atomic E-state index is -0.473. The Bertz CT molecular complexity index is 522. The van der Waals surface area contributed by atoms with E-state index in [1.807, 2.05) is 0 Å². The van der Waals surface area contributed by atoms with E-state index in [1.165, 1.54) is 11.3 Å². The molecule has 1 heterocycles. The molecule has 6 nitrogen and oxygen atoms in total. The zero-order valence-corrected chi connectivity index (χ0v) is 11.9. The molecule has 0 atom stereocenters. The molecular formula is C13H16N2O4S. The molecule has 1 saturated carbocycles. The monoisotopic (exact) mass is 296 g/mol. The molecule has 1 fully saturated rings. The van der Waals surface area contributed by atoms with Gasteiger partial charge in [0.2, 0.25) is 5.91 Å². The first kappa shape index (κ1) is 14.5. The summed E-state index contributed by atoms with van der Waals surface area (Å²) in [6.07, 6.45) is 1.87. The molecule has 7 heteroatoms. The third kappa shape index (κ3) is 4.06. The third-order valence-corrected chi connectivity index (χ3v) is 3.72. The van der Waals surface area contributed by atoms with Crippen molar-refractivity contribution in [3.8, 4) is 0 Å². The van der Waals surface area contributed by atoms with E-state index in [9.17, 15) is 14.4 Å². The summed E-state index contributed by atoms with van der Waals surface area (Å²) in [6, 6.07) is 3.30. The fourth-order valence-electron chi connectivity index (χ4n) is 1.55. The number of esters is 1. The number of nitrogens with one attached hydrogen (secondary N) is 2. The van der Waals surface area contributed by atoms with Gasteiger partial charge in [-0.2, -0.15) is 0 Å². The van der Waals surface area contributed by atoms with Crippen LogP contribution >= 0.6 is 11.3 Å². The Hall–Kier alpha value is -1.89. The van der Waals surface area contributed by atoms with Gasteiger partial charge in [0.15, 0.2) is 0 Å². The molecule has 20 heavy (non-hydrogen) atoms. The molecule has 0 radical (unpaired) electrons. The lowest BCUT2D eigenvalue weighted by atomic mass is 10.4. The molecule has 0 spiro atoms. The summed E-state index contributed by atoms with van der Waals surface area (Å²) in [5.41, 5.74) is 0. The van der Waals surface area contributed by atoms with Gasteiger partial charge in [-0.3, -0.25) is 14.4 Å². The summed E-state index contributed by atoms with van der Waals surface area (Å²) < 4.78 is 4.71. The largest absolute Gasteiger partial charge is 0.465 e. The Morgan fingerprint density at radius 3 is 2.75 bits per heavy atom. The van der Waals surface area contributed by atoms with Crippen molar-refractivity contribution < 1.29 is 19.1 Å². The lowest BCUT2D eigenvalue weighted by Crippen LogP contribution is -2.30. The van der Waals surface area contributed by atoms with E-state index in [0.717, 1.165) is 12.8 Å². The van der Waals surface area contributed by atoms with E-state index in [-0.39, 0.29) is 30.9 Å². The van der Waals surface area contributed by atoms with E-state index in [4.69, 9.17) is 4.74 Å². The maximum absolute atomic E-state index is 11.8. The van der Waals surface area contributed by atoms with E-state index >= 15 is 0 Å². The molecule has 0 aromatic carbocycles. The number of carbonyl (C=O) groups excluding carboxylic acids is 3. The van der Waals surface area contributed by atoms with E-state index in [2.05, 4.69) is 10.6 Å². The minimum Gasteiger partial charge on any atom is -0.465 e. The van der Waals surface area contributed by atoms with Gasteiger partial charge in [0.25, 0.3) is 5.91 Å². The van der Waals surface area contributed by atoms with Crippen molar-refractivity contribution in [2.24, 2.45) is 5.92 Å². The first-order valence-corrected chi connectivity index (χ1v) is 7.26. The van der Waals surface area contributed by atoms with Gasteiger partial charge in [-0.05, 0) is 31.9 Å². The Morgan fingerprint density at radius 2 is 2.10 bits per heavy atom. The Morgan fingerprint density at radius 1 is 1.35 bits per heavy atom. The standard InChI is InChI=1S/C13H16N2O4S/c1-2-19-11(16)7-14-13(18)9-5-6-10(20-9)15-12(17)8-3-4-8/h5-6,8H,2-4,7H2,1H3,(H,14,18)(H,15,17). The van der Waals surface area contributed by atoms with Gasteiger partial charge in [-0.15, -0.1) is 11.3 Å². The molecule has 2 rings (SSSR count). The third-order valence-electron chi connectivity index (χ3n) is 2.72. The highest BCUT2D eigenvalue weighted by Crippen LogP contribution is 2.31. The van der Waals surface area contributed by atoms with Crippen LogP contribution in [0.1, 0.15) is 29.4 Å². The molecule has 0 saturated heterocycles. The quantitative estimate of drug-likeness (QED) is 0.777. The summed E-state index contributed by atoms with van der Waals surface area (Å²) in [5, 5.41) is 5.88. The lowest BCUT2D eigenvalue weighted by molar-refractivity contribution is -0.141. The first-order valence-electron chi connectivity index (χ1n) is 6.44. The second-order valence-electron chi connectivity index (χ2n) is 4.42. The Balaban J connectivity index is 1.82. The van der Waals surface area contributed by atoms with Crippen molar-refractivity contribution in [3.05, 3.63) is 17.0 Å². The highest BCUT2D eigenvalue weighted by atomic mass is 32.1. The van der Waals surface area contributed by atoms with Gasteiger partial charge in [-0.25, -0.2) is 0 Å². The van der Waals surface area contributed by atoms with Crippen LogP contribution in [-0.4, -0.2) is 30.9 Å². The van der Waals surface area contributed by atoms with Crippen LogP contribution in [0.5, 0.6) is 0 Å². The van der Waals surface area contributed by atoms with Crippen molar-refractivity contribution in [1.82, 2.24) is 5.32 Å². The Kier molecular flexibility index (Phi) is 4.73. The maximum atomic E-state index is 11.8. The van der Waals surface area contributed by atoms with Crippen LogP contribution in [0.3, 0.4) is 0 Å². The number of rotatable bonds is 6. The second-order valence-corrected chi connectivity index (χ2v) is 5.50. The molecule has 1 aliphatic rings. The average molecular weight is 296 g/mol. The van der Waals surface area contributed by atoms with E-state index < -0.39 is 5.97 Å². The van der Waals surface area contributed by atoms with Crippen molar-refractivity contribution in [1.29, 1.82) is 0 Å². The van der Waals surface area contributed by atoms with Gasteiger partial charge in [0.1, 0.15) is 6.54 Å². The van der Waals surface area contributed by atoms with Crippen LogP contribution in [0.25, 0.3) is 0 Å². The summed E-state index contributed by atoms with van der Waals surface area (Å²) >= 11 is 1.18. The normalized spacial score (nSPS) is 13.7. The average Bonchev–Trinajstić information content (AvgIpc) is 3.17. The molecule has 1 aromatic heterocycles. The molecule has 0 unspecified atom stereocenters. The fourth-order valence-corrected chi connectivity index (χ4v) is 2.37. The molecule has 0 bridgehead atoms. The zero-order chi connectivity index (χ0) is 14.5. The topological polar surface area (TPSA) is 84.5 Å². The van der Waals surface area contributed by atoms with Gasteiger partial charge >= 0.3 is 5.97 Å². The molecule has 2 amide bonds. The van der Waals surface area contributed by atoms with Crippen molar-refractivity contribution in [2.75, 3.05) is 18.5 Å². The number of anilines is 1. The van der Waals surface area contributed by atoms with Gasteiger partial charge in [0.05, 0.1) is 16.5 Å². The van der Waals surface area contributed by atoms with E-state index in [0.29, 0.717) is 9.88 Å². The minimum absolute atomic E-state index is 0.00494. The number of hydrogen-bond acceptors (Lipinski definition) is 5. The number of ether oxygens (including phenoxy) is 1.